The molecule has 1 aromatic heterocycles. The van der Waals surface area contributed by atoms with Gasteiger partial charge >= 0.3 is 0 Å². The monoisotopic (exact) mass is 290 g/mol. The Morgan fingerprint density at radius 1 is 1.19 bits per heavy atom. The van der Waals surface area contributed by atoms with Gasteiger partial charge in [0.15, 0.2) is 17.3 Å². The van der Waals surface area contributed by atoms with E-state index in [1.165, 1.54) is 0 Å². The van der Waals surface area contributed by atoms with E-state index in [1.54, 1.807) is 14.2 Å². The second kappa shape index (κ2) is 6.97. The maximum Gasteiger partial charge on any atom is 0.162 e. The Labute approximate surface area is 124 Å². The molecule has 0 radical (unpaired) electrons. The molecule has 0 amide bonds. The van der Waals surface area contributed by atoms with Gasteiger partial charge in [0.1, 0.15) is 5.82 Å². The molecule has 0 aliphatic rings. The minimum Gasteiger partial charge on any atom is -0.493 e. The molecule has 1 aromatic carbocycles. The Morgan fingerprint density at radius 3 is 2.57 bits per heavy atom. The van der Waals surface area contributed by atoms with Gasteiger partial charge in [0, 0.05) is 30.6 Å². The fourth-order valence-corrected chi connectivity index (χ4v) is 1.95. The number of ether oxygens (including phenoxy) is 2. The van der Waals surface area contributed by atoms with Gasteiger partial charge in [-0.3, -0.25) is 5.10 Å². The van der Waals surface area contributed by atoms with Gasteiger partial charge in [-0.2, -0.15) is 5.10 Å². The molecule has 6 nitrogen and oxygen atoms in total. The molecule has 1 heterocycles. The van der Waals surface area contributed by atoms with E-state index in [0.29, 0.717) is 11.7 Å². The summed E-state index contributed by atoms with van der Waals surface area (Å²) < 4.78 is 10.5. The number of methoxy groups -OCH3 is 2. The van der Waals surface area contributed by atoms with Gasteiger partial charge in [-0.25, -0.2) is 4.98 Å². The van der Waals surface area contributed by atoms with Crippen molar-refractivity contribution in [3.63, 3.8) is 0 Å². The van der Waals surface area contributed by atoms with E-state index in [-0.39, 0.29) is 0 Å². The zero-order valence-corrected chi connectivity index (χ0v) is 12.9. The second-order valence-electron chi connectivity index (χ2n) is 5.04. The number of aromatic nitrogens is 3. The predicted molar refractivity (Wildman–Crippen MR) is 82.2 cm³/mol. The fraction of sp³-hybridized carbons (Fsp3) is 0.467. The minimum atomic E-state index is 0.341. The van der Waals surface area contributed by atoms with Gasteiger partial charge in [-0.1, -0.05) is 13.8 Å². The fourth-order valence-electron chi connectivity index (χ4n) is 1.95. The first-order chi connectivity index (χ1) is 10.1. The average molecular weight is 290 g/mol. The van der Waals surface area contributed by atoms with Crippen molar-refractivity contribution < 1.29 is 9.47 Å². The van der Waals surface area contributed by atoms with Gasteiger partial charge in [-0.05, 0) is 12.1 Å². The molecule has 2 N–H and O–H groups in total. The third-order valence-electron chi connectivity index (χ3n) is 3.14. The van der Waals surface area contributed by atoms with E-state index in [1.807, 2.05) is 18.2 Å². The molecule has 0 atom stereocenters. The Morgan fingerprint density at radius 2 is 1.95 bits per heavy atom. The van der Waals surface area contributed by atoms with Crippen LogP contribution in [0.25, 0.3) is 0 Å². The molecule has 0 unspecified atom stereocenters. The van der Waals surface area contributed by atoms with Crippen LogP contribution in [0.2, 0.25) is 0 Å². The molecular formula is C15H22N4O2. The molecule has 21 heavy (non-hydrogen) atoms. The van der Waals surface area contributed by atoms with Crippen molar-refractivity contribution >= 4 is 5.69 Å². The maximum absolute atomic E-state index is 5.28. The summed E-state index contributed by atoms with van der Waals surface area (Å²) in [7, 11) is 3.25. The first-order valence-electron chi connectivity index (χ1n) is 7.01. The largest absolute Gasteiger partial charge is 0.493 e. The highest BCUT2D eigenvalue weighted by atomic mass is 16.5. The van der Waals surface area contributed by atoms with Gasteiger partial charge in [0.2, 0.25) is 0 Å². The van der Waals surface area contributed by atoms with Crippen LogP contribution in [0.4, 0.5) is 5.69 Å². The lowest BCUT2D eigenvalue weighted by Gasteiger charge is -2.10. The standard InChI is InChI=1S/C15H22N4O2/c1-10(2)15-17-14(18-19-15)7-8-16-11-5-6-12(20-3)13(9-11)21-4/h5-6,9-10,16H,7-8H2,1-4H3,(H,17,18,19). The smallest absolute Gasteiger partial charge is 0.162 e. The molecule has 0 bridgehead atoms. The Hall–Kier alpha value is -2.24. The molecule has 0 aliphatic carbocycles. The Bertz CT molecular complexity index is 581. The van der Waals surface area contributed by atoms with Crippen LogP contribution < -0.4 is 14.8 Å². The third-order valence-corrected chi connectivity index (χ3v) is 3.14. The number of nitrogens with zero attached hydrogens (tertiary/aromatic N) is 2. The van der Waals surface area contributed by atoms with Crippen LogP contribution in [0.3, 0.4) is 0 Å². The molecule has 0 saturated heterocycles. The third kappa shape index (κ3) is 3.87. The summed E-state index contributed by atoms with van der Waals surface area (Å²) in [6.07, 6.45) is 0.786. The lowest BCUT2D eigenvalue weighted by atomic mass is 10.2. The summed E-state index contributed by atoms with van der Waals surface area (Å²) in [6.45, 7) is 4.92. The highest BCUT2D eigenvalue weighted by Gasteiger charge is 2.07. The van der Waals surface area contributed by atoms with E-state index in [0.717, 1.165) is 36.1 Å². The molecule has 0 fully saturated rings. The average Bonchev–Trinajstić information content (AvgIpc) is 2.96. The number of H-pyrrole nitrogens is 1. The summed E-state index contributed by atoms with van der Waals surface area (Å²) >= 11 is 0. The number of nitrogens with one attached hydrogen (secondary N) is 2. The van der Waals surface area contributed by atoms with Crippen molar-refractivity contribution in [3.8, 4) is 11.5 Å². The summed E-state index contributed by atoms with van der Waals surface area (Å²) in [5.41, 5.74) is 0.983. The van der Waals surface area contributed by atoms with E-state index in [9.17, 15) is 0 Å². The number of rotatable bonds is 7. The minimum absolute atomic E-state index is 0.341. The van der Waals surface area contributed by atoms with Crippen molar-refractivity contribution in [1.82, 2.24) is 15.2 Å². The van der Waals surface area contributed by atoms with Gasteiger partial charge in [0.05, 0.1) is 14.2 Å². The van der Waals surface area contributed by atoms with Gasteiger partial charge < -0.3 is 14.8 Å². The van der Waals surface area contributed by atoms with Crippen LogP contribution in [0.5, 0.6) is 11.5 Å². The quantitative estimate of drug-likeness (QED) is 0.820. The lowest BCUT2D eigenvalue weighted by molar-refractivity contribution is 0.355. The molecule has 114 valence electrons. The molecule has 2 aromatic rings. The number of hydrogen-bond donors (Lipinski definition) is 2. The van der Waals surface area contributed by atoms with Crippen LogP contribution in [0.1, 0.15) is 31.4 Å². The summed E-state index contributed by atoms with van der Waals surface area (Å²) in [5.74, 6) is 3.53. The Kier molecular flexibility index (Phi) is 5.03. The zero-order valence-electron chi connectivity index (χ0n) is 12.9. The highest BCUT2D eigenvalue weighted by Crippen LogP contribution is 2.29. The lowest BCUT2D eigenvalue weighted by Crippen LogP contribution is -2.06. The molecule has 2 rings (SSSR count). The number of anilines is 1. The number of aromatic amines is 1. The maximum atomic E-state index is 5.28. The van der Waals surface area contributed by atoms with E-state index in [4.69, 9.17) is 9.47 Å². The first-order valence-corrected chi connectivity index (χ1v) is 7.01. The SMILES string of the molecule is COc1ccc(NCCc2nc(C(C)C)n[nH]2)cc1OC. The highest BCUT2D eigenvalue weighted by molar-refractivity contribution is 5.54. The Balaban J connectivity index is 1.90. The van der Waals surface area contributed by atoms with Crippen LogP contribution in [0.15, 0.2) is 18.2 Å². The summed E-state index contributed by atoms with van der Waals surface area (Å²) in [6, 6.07) is 5.76. The van der Waals surface area contributed by atoms with Gasteiger partial charge in [-0.15, -0.1) is 0 Å². The van der Waals surface area contributed by atoms with Gasteiger partial charge in [0.25, 0.3) is 0 Å². The van der Waals surface area contributed by atoms with E-state index < -0.39 is 0 Å². The van der Waals surface area contributed by atoms with E-state index >= 15 is 0 Å². The van der Waals surface area contributed by atoms with Crippen LogP contribution in [-0.2, 0) is 6.42 Å². The van der Waals surface area contributed by atoms with Crippen molar-refractivity contribution in [3.05, 3.63) is 29.8 Å². The predicted octanol–water partition coefficient (Wildman–Crippen LogP) is 2.60. The van der Waals surface area contributed by atoms with Crippen molar-refractivity contribution in [2.45, 2.75) is 26.2 Å². The number of benzene rings is 1. The normalized spacial score (nSPS) is 10.7. The molecule has 0 aliphatic heterocycles. The number of hydrogen-bond acceptors (Lipinski definition) is 5. The molecule has 0 spiro atoms. The van der Waals surface area contributed by atoms with Crippen LogP contribution in [0, 0.1) is 0 Å². The van der Waals surface area contributed by atoms with E-state index in [2.05, 4.69) is 34.3 Å². The van der Waals surface area contributed by atoms with Crippen molar-refractivity contribution in [2.24, 2.45) is 0 Å². The second-order valence-corrected chi connectivity index (χ2v) is 5.04. The molecule has 6 heteroatoms. The molecule has 0 saturated carbocycles. The first kappa shape index (κ1) is 15.2. The van der Waals surface area contributed by atoms with Crippen LogP contribution >= 0.6 is 0 Å². The van der Waals surface area contributed by atoms with Crippen molar-refractivity contribution in [2.75, 3.05) is 26.1 Å². The molecular weight excluding hydrogens is 268 g/mol. The zero-order chi connectivity index (χ0) is 15.2. The van der Waals surface area contributed by atoms with Crippen molar-refractivity contribution in [1.29, 1.82) is 0 Å². The summed E-state index contributed by atoms with van der Waals surface area (Å²) in [4.78, 5) is 4.45. The topological polar surface area (TPSA) is 72.1 Å². The summed E-state index contributed by atoms with van der Waals surface area (Å²) in [5, 5.41) is 10.5. The van der Waals surface area contributed by atoms with Crippen LogP contribution in [-0.4, -0.2) is 35.9 Å².